The van der Waals surface area contributed by atoms with Crippen molar-refractivity contribution in [2.24, 2.45) is 0 Å². The van der Waals surface area contributed by atoms with Crippen LogP contribution in [-0.4, -0.2) is 40.1 Å². The Bertz CT molecular complexity index is 1110. The Morgan fingerprint density at radius 2 is 2.20 bits per heavy atom. The van der Waals surface area contributed by atoms with Gasteiger partial charge in [-0.3, -0.25) is 9.59 Å². The molecule has 1 saturated heterocycles. The molecule has 8 nitrogen and oxygen atoms in total. The molecule has 4 rings (SSSR count). The predicted octanol–water partition coefficient (Wildman–Crippen LogP) is 3.10. The summed E-state index contributed by atoms with van der Waals surface area (Å²) in [5.74, 6) is 0.206. The number of nitrogens with zero attached hydrogens (tertiary/aromatic N) is 3. The van der Waals surface area contributed by atoms with Crippen LogP contribution in [0.15, 0.2) is 33.6 Å². The molecule has 158 valence electrons. The summed E-state index contributed by atoms with van der Waals surface area (Å²) < 4.78 is 12.2. The molecule has 4 heterocycles. The lowest BCUT2D eigenvalue weighted by atomic mass is 10.1. The van der Waals surface area contributed by atoms with E-state index in [4.69, 9.17) is 9.26 Å². The van der Waals surface area contributed by atoms with E-state index in [0.29, 0.717) is 29.3 Å². The minimum atomic E-state index is -0.760. The van der Waals surface area contributed by atoms with Gasteiger partial charge in [0.05, 0.1) is 22.2 Å². The van der Waals surface area contributed by atoms with Crippen molar-refractivity contribution in [2.75, 3.05) is 13.2 Å². The number of aromatic nitrogens is 3. The van der Waals surface area contributed by atoms with Crippen LogP contribution in [0.2, 0.25) is 0 Å². The maximum atomic E-state index is 12.9. The van der Waals surface area contributed by atoms with E-state index in [1.165, 1.54) is 10.7 Å². The fraction of sp³-hybridized carbons (Fsp3) is 0.429. The highest BCUT2D eigenvalue weighted by Gasteiger charge is 2.24. The van der Waals surface area contributed by atoms with Gasteiger partial charge in [-0.2, -0.15) is 5.10 Å². The number of aryl methyl sites for hydroxylation is 2. The summed E-state index contributed by atoms with van der Waals surface area (Å²) in [6.07, 6.45) is 1.97. The quantitative estimate of drug-likeness (QED) is 0.648. The van der Waals surface area contributed by atoms with Gasteiger partial charge in [-0.1, -0.05) is 5.16 Å². The molecule has 0 bridgehead atoms. The molecule has 2 atom stereocenters. The molecule has 0 saturated carbocycles. The molecule has 30 heavy (non-hydrogen) atoms. The zero-order valence-corrected chi connectivity index (χ0v) is 18.0. The Hall–Kier alpha value is -2.78. The lowest BCUT2D eigenvalue weighted by Crippen LogP contribution is -2.40. The van der Waals surface area contributed by atoms with Crippen LogP contribution < -0.4 is 10.9 Å². The molecular weight excluding hydrogens is 404 g/mol. The van der Waals surface area contributed by atoms with Crippen molar-refractivity contribution >= 4 is 17.2 Å². The van der Waals surface area contributed by atoms with Crippen molar-refractivity contribution in [1.29, 1.82) is 0 Å². The lowest BCUT2D eigenvalue weighted by molar-refractivity contribution is -0.124. The molecule has 1 fully saturated rings. The van der Waals surface area contributed by atoms with Crippen LogP contribution in [0.4, 0.5) is 0 Å². The first-order valence-electron chi connectivity index (χ1n) is 9.96. The molecule has 3 aromatic heterocycles. The van der Waals surface area contributed by atoms with Gasteiger partial charge < -0.3 is 14.6 Å². The Balaban J connectivity index is 1.68. The second-order valence-corrected chi connectivity index (χ2v) is 8.78. The van der Waals surface area contributed by atoms with E-state index in [0.717, 1.165) is 29.2 Å². The smallest absolute Gasteiger partial charge is 0.268 e. The SMILES string of the molecule is Cc1cc(-c2cc(=O)n([C@@H](C)C(=O)NC[C@@H]3CCCO3)nc2-c2ccc(C)s2)on1. The molecular formula is C21H24N4O4S. The standard InChI is InChI=1S/C21H24N4O4S/c1-12-9-17(29-24-12)16-10-19(26)25(23-20(16)18-7-6-13(2)30-18)14(3)21(27)22-11-15-5-4-8-28-15/h6-7,9-10,14-15H,4-5,8,11H2,1-3H3,(H,22,27)/t14-,15-/m0/s1. The Kier molecular flexibility index (Phi) is 5.83. The highest BCUT2D eigenvalue weighted by molar-refractivity contribution is 7.15. The van der Waals surface area contributed by atoms with E-state index in [-0.39, 0.29) is 17.6 Å². The second-order valence-electron chi connectivity index (χ2n) is 7.49. The van der Waals surface area contributed by atoms with Gasteiger partial charge >= 0.3 is 0 Å². The number of amides is 1. The normalized spacial score (nSPS) is 17.2. The summed E-state index contributed by atoms with van der Waals surface area (Å²) in [4.78, 5) is 27.5. The summed E-state index contributed by atoms with van der Waals surface area (Å²) >= 11 is 1.56. The third-order valence-electron chi connectivity index (χ3n) is 5.10. The summed E-state index contributed by atoms with van der Waals surface area (Å²) in [7, 11) is 0. The number of hydrogen-bond donors (Lipinski definition) is 1. The van der Waals surface area contributed by atoms with Crippen LogP contribution in [0.5, 0.6) is 0 Å². The van der Waals surface area contributed by atoms with E-state index in [2.05, 4.69) is 15.6 Å². The number of carbonyl (C=O) groups is 1. The minimum Gasteiger partial charge on any atom is -0.376 e. The zero-order valence-electron chi connectivity index (χ0n) is 17.2. The van der Waals surface area contributed by atoms with Crippen molar-refractivity contribution in [2.45, 2.75) is 45.8 Å². The van der Waals surface area contributed by atoms with Gasteiger partial charge in [0.2, 0.25) is 5.91 Å². The molecule has 0 radical (unpaired) electrons. The van der Waals surface area contributed by atoms with Crippen LogP contribution in [0.25, 0.3) is 21.9 Å². The fourth-order valence-electron chi connectivity index (χ4n) is 3.45. The van der Waals surface area contributed by atoms with Gasteiger partial charge in [-0.05, 0) is 45.7 Å². The summed E-state index contributed by atoms with van der Waals surface area (Å²) in [6, 6.07) is 6.41. The minimum absolute atomic E-state index is 0.0348. The first-order valence-corrected chi connectivity index (χ1v) is 10.8. The number of thiophene rings is 1. The summed E-state index contributed by atoms with van der Waals surface area (Å²) in [6.45, 7) is 6.65. The first kappa shape index (κ1) is 20.5. The molecule has 0 unspecified atom stereocenters. The molecule has 1 N–H and O–H groups in total. The van der Waals surface area contributed by atoms with Gasteiger partial charge in [0, 0.05) is 30.2 Å². The second kappa shape index (κ2) is 8.53. The zero-order chi connectivity index (χ0) is 21.3. The average Bonchev–Trinajstić information content (AvgIpc) is 3.48. The van der Waals surface area contributed by atoms with Crippen molar-refractivity contribution in [3.05, 3.63) is 45.2 Å². The molecule has 1 amide bonds. The van der Waals surface area contributed by atoms with Crippen LogP contribution in [0.1, 0.15) is 36.4 Å². The third kappa shape index (κ3) is 4.22. The maximum absolute atomic E-state index is 12.9. The number of nitrogens with one attached hydrogen (secondary N) is 1. The molecule has 0 spiro atoms. The average molecular weight is 429 g/mol. The number of hydrogen-bond acceptors (Lipinski definition) is 7. The number of rotatable bonds is 6. The fourth-order valence-corrected chi connectivity index (χ4v) is 4.31. The lowest BCUT2D eigenvalue weighted by Gasteiger charge is -2.17. The molecule has 9 heteroatoms. The third-order valence-corrected chi connectivity index (χ3v) is 6.11. The number of carbonyl (C=O) groups excluding carboxylic acids is 1. The van der Waals surface area contributed by atoms with E-state index in [1.54, 1.807) is 24.3 Å². The Morgan fingerprint density at radius 3 is 2.83 bits per heavy atom. The van der Waals surface area contributed by atoms with E-state index in [9.17, 15) is 9.59 Å². The van der Waals surface area contributed by atoms with Crippen LogP contribution in [-0.2, 0) is 9.53 Å². The largest absolute Gasteiger partial charge is 0.376 e. The Labute approximate surface area is 177 Å². The van der Waals surface area contributed by atoms with Gasteiger partial charge in [0.25, 0.3) is 5.56 Å². The van der Waals surface area contributed by atoms with Gasteiger partial charge in [-0.15, -0.1) is 11.3 Å². The van der Waals surface area contributed by atoms with E-state index < -0.39 is 6.04 Å². The molecule has 1 aliphatic rings. The van der Waals surface area contributed by atoms with Crippen molar-refractivity contribution < 1.29 is 14.1 Å². The van der Waals surface area contributed by atoms with E-state index in [1.807, 2.05) is 26.0 Å². The Morgan fingerprint density at radius 1 is 1.37 bits per heavy atom. The van der Waals surface area contributed by atoms with Gasteiger partial charge in [0.15, 0.2) is 5.76 Å². The van der Waals surface area contributed by atoms with Crippen molar-refractivity contribution in [3.8, 4) is 21.9 Å². The van der Waals surface area contributed by atoms with Crippen LogP contribution >= 0.6 is 11.3 Å². The molecule has 1 aliphatic heterocycles. The van der Waals surface area contributed by atoms with Crippen molar-refractivity contribution in [1.82, 2.24) is 20.3 Å². The monoisotopic (exact) mass is 428 g/mol. The topological polar surface area (TPSA) is 99.2 Å². The van der Waals surface area contributed by atoms with Gasteiger partial charge in [0.1, 0.15) is 11.7 Å². The highest BCUT2D eigenvalue weighted by Crippen LogP contribution is 2.34. The molecule has 3 aromatic rings. The molecule has 0 aromatic carbocycles. The highest BCUT2D eigenvalue weighted by atomic mass is 32.1. The first-order chi connectivity index (χ1) is 14.4. The summed E-state index contributed by atoms with van der Waals surface area (Å²) in [5, 5.41) is 11.4. The van der Waals surface area contributed by atoms with Gasteiger partial charge in [-0.25, -0.2) is 4.68 Å². The summed E-state index contributed by atoms with van der Waals surface area (Å²) in [5.41, 5.74) is 1.48. The predicted molar refractivity (Wildman–Crippen MR) is 113 cm³/mol. The van der Waals surface area contributed by atoms with Crippen LogP contribution in [0.3, 0.4) is 0 Å². The van der Waals surface area contributed by atoms with Crippen LogP contribution in [0, 0.1) is 13.8 Å². The van der Waals surface area contributed by atoms with E-state index >= 15 is 0 Å². The maximum Gasteiger partial charge on any atom is 0.268 e. The van der Waals surface area contributed by atoms with Crippen molar-refractivity contribution in [3.63, 3.8) is 0 Å². The number of ether oxygens (including phenoxy) is 1. The molecule has 0 aliphatic carbocycles.